The van der Waals surface area contributed by atoms with Gasteiger partial charge >= 0.3 is 12.1 Å². The van der Waals surface area contributed by atoms with Crippen LogP contribution in [0, 0.1) is 5.92 Å². The van der Waals surface area contributed by atoms with Crippen molar-refractivity contribution in [3.8, 4) is 0 Å². The van der Waals surface area contributed by atoms with Gasteiger partial charge in [-0.1, -0.05) is 45.4 Å². The maximum Gasteiger partial charge on any atom is 0.410 e. The van der Waals surface area contributed by atoms with Gasteiger partial charge in [-0.2, -0.15) is 0 Å². The number of benzene rings is 2. The number of aliphatic imine (C=N–C) groups is 1. The minimum absolute atomic E-state index is 0.0663. The number of unbranched alkanes of at least 4 members (excludes halogenated alkanes) is 2. The Morgan fingerprint density at radius 3 is 2.34 bits per heavy atom. The molecule has 0 spiro atoms. The van der Waals surface area contributed by atoms with E-state index in [0.29, 0.717) is 97.6 Å². The lowest BCUT2D eigenvalue weighted by atomic mass is 10.0. The third kappa shape index (κ3) is 18.3. The van der Waals surface area contributed by atoms with Gasteiger partial charge in [0.2, 0.25) is 29.5 Å². The second-order valence-electron chi connectivity index (χ2n) is 18.9. The normalized spacial score (nSPS) is 13.4. The number of amidine groups is 1. The fourth-order valence-electron chi connectivity index (χ4n) is 8.57. The number of nitrogens with one attached hydrogen (secondary N) is 5. The van der Waals surface area contributed by atoms with E-state index >= 15 is 0 Å². The summed E-state index contributed by atoms with van der Waals surface area (Å²) in [6, 6.07) is 11.7. The molecule has 408 valence electrons. The Bertz CT molecular complexity index is 2630. The molecule has 0 fully saturated rings. The highest BCUT2D eigenvalue weighted by atomic mass is 16.6. The average Bonchev–Trinajstić information content (AvgIpc) is 3.57. The van der Waals surface area contributed by atoms with E-state index in [-0.39, 0.29) is 81.4 Å². The third-order valence-corrected chi connectivity index (χ3v) is 12.7. The molecule has 1 aromatic heterocycles. The zero-order valence-corrected chi connectivity index (χ0v) is 43.9. The van der Waals surface area contributed by atoms with Crippen molar-refractivity contribution in [2.75, 3.05) is 56.9 Å². The van der Waals surface area contributed by atoms with Gasteiger partial charge in [0.15, 0.2) is 0 Å². The van der Waals surface area contributed by atoms with Crippen LogP contribution in [0.3, 0.4) is 0 Å². The molecule has 2 aromatic carbocycles. The van der Waals surface area contributed by atoms with Gasteiger partial charge in [-0.05, 0) is 86.1 Å². The number of ether oxygens (including phenoxy) is 1. The first-order valence-corrected chi connectivity index (χ1v) is 25.8. The molecule has 22 heteroatoms. The van der Waals surface area contributed by atoms with E-state index in [1.165, 1.54) is 0 Å². The first-order valence-electron chi connectivity index (χ1n) is 25.8. The number of pyridine rings is 1. The molecule has 5 rings (SSSR count). The van der Waals surface area contributed by atoms with Crippen molar-refractivity contribution < 1.29 is 47.9 Å². The molecule has 0 saturated heterocycles. The SMILES string of the molecule is CCCN(CCC)C(=O)C1=Cc2ccc(C(=O)Nc3cnc4c(c3)CN(C(=O)OCc3ccc(NC(=O)[C@H](CCCNC(N)=O)NC(=O)CNC(=O)CCCCCN(C)C(=O)C(C)CC=O)cc3)CC4)cc2N=C(N)C1. The van der Waals surface area contributed by atoms with Crippen LogP contribution in [0.2, 0.25) is 0 Å². The summed E-state index contributed by atoms with van der Waals surface area (Å²) in [4.78, 5) is 127. The Morgan fingerprint density at radius 2 is 1.63 bits per heavy atom. The Kier molecular flexibility index (Phi) is 22.9. The molecule has 2 atom stereocenters. The molecule has 2 aliphatic heterocycles. The number of hydrogen-bond acceptors (Lipinski definition) is 13. The lowest BCUT2D eigenvalue weighted by molar-refractivity contribution is -0.135. The van der Waals surface area contributed by atoms with Gasteiger partial charge < -0.3 is 62.3 Å². The maximum absolute atomic E-state index is 13.5. The predicted octanol–water partition coefficient (Wildman–Crippen LogP) is 4.69. The van der Waals surface area contributed by atoms with Gasteiger partial charge in [-0.25, -0.2) is 14.6 Å². The van der Waals surface area contributed by atoms with Gasteiger partial charge in [-0.3, -0.25) is 33.8 Å². The number of aldehydes is 1. The van der Waals surface area contributed by atoms with E-state index in [1.54, 1.807) is 84.6 Å². The fourth-order valence-corrected chi connectivity index (χ4v) is 8.57. The first kappa shape index (κ1) is 58.7. The quantitative estimate of drug-likeness (QED) is 0.0404. The van der Waals surface area contributed by atoms with Crippen LogP contribution in [0.25, 0.3) is 6.08 Å². The number of carbonyl (C=O) groups excluding carboxylic acids is 9. The molecule has 1 unspecified atom stereocenters. The molecule has 0 radical (unpaired) electrons. The van der Waals surface area contributed by atoms with Crippen LogP contribution in [-0.4, -0.2) is 132 Å². The van der Waals surface area contributed by atoms with Gasteiger partial charge in [0, 0.05) is 99.5 Å². The molecule has 2 aliphatic rings. The summed E-state index contributed by atoms with van der Waals surface area (Å²) in [5, 5.41) is 13.3. The number of carbonyl (C=O) groups is 9. The number of nitrogens with zero attached hydrogens (tertiary/aromatic N) is 5. The van der Waals surface area contributed by atoms with Gasteiger partial charge in [0.1, 0.15) is 24.8 Å². The Labute approximate surface area is 443 Å². The fraction of sp³-hybridized carbons (Fsp3) is 0.463. The van der Waals surface area contributed by atoms with Gasteiger partial charge in [0.05, 0.1) is 30.7 Å². The second-order valence-corrected chi connectivity index (χ2v) is 18.9. The molecule has 22 nitrogen and oxygen atoms in total. The molecule has 0 bridgehead atoms. The van der Waals surface area contributed by atoms with Crippen molar-refractivity contribution in [3.63, 3.8) is 0 Å². The number of rotatable bonds is 27. The number of anilines is 2. The van der Waals surface area contributed by atoms with Crippen molar-refractivity contribution in [3.05, 3.63) is 88.2 Å². The first-order chi connectivity index (χ1) is 36.5. The summed E-state index contributed by atoms with van der Waals surface area (Å²) >= 11 is 0. The number of aromatic nitrogens is 1. The molecular formula is C54H72N12O10. The monoisotopic (exact) mass is 1050 g/mol. The Morgan fingerprint density at radius 1 is 0.882 bits per heavy atom. The average molecular weight is 1050 g/mol. The lowest BCUT2D eigenvalue weighted by Crippen LogP contribution is -2.47. The lowest BCUT2D eigenvalue weighted by Gasteiger charge is -2.28. The summed E-state index contributed by atoms with van der Waals surface area (Å²) in [7, 11) is 1.68. The van der Waals surface area contributed by atoms with Crippen LogP contribution < -0.4 is 38.1 Å². The number of amides is 9. The highest BCUT2D eigenvalue weighted by molar-refractivity contribution is 6.08. The minimum atomic E-state index is -1.03. The van der Waals surface area contributed by atoms with E-state index in [2.05, 4.69) is 36.6 Å². The molecular weight excluding hydrogens is 977 g/mol. The maximum atomic E-state index is 13.5. The van der Waals surface area contributed by atoms with Crippen molar-refractivity contribution in [2.45, 2.75) is 111 Å². The van der Waals surface area contributed by atoms with Crippen LogP contribution >= 0.6 is 0 Å². The molecule has 76 heavy (non-hydrogen) atoms. The largest absolute Gasteiger partial charge is 0.445 e. The van der Waals surface area contributed by atoms with E-state index < -0.39 is 35.9 Å². The Balaban J connectivity index is 1.08. The standard InChI is InChI=1S/C54H72N12O10/c1-5-22-65(23-6-2)52(73)39-27-37-15-16-38(29-45(37)62-46(55)30-39)49(70)61-42-28-40-33-66(25-19-43(40)58-31-42)54(75)76-34-36-13-17-41(18-14-36)60-50(71)44(11-10-21-57-53(56)74)63-48(69)32-59-47(68)12-8-7-9-24-64(4)51(72)35(3)20-26-67/h13-18,26-29,31,35,44H,5-12,19-25,30,32-34H2,1-4H3,(H2,55,62)(H,59,68)(H,60,71)(H,61,70)(H,63,69)(H3,56,57,74)/t35?,44-/m0/s1. The highest BCUT2D eigenvalue weighted by Crippen LogP contribution is 2.29. The molecule has 3 heterocycles. The van der Waals surface area contributed by atoms with Crippen molar-refractivity contribution >= 4 is 82.8 Å². The number of urea groups is 1. The second kappa shape index (κ2) is 29.7. The Hall–Kier alpha value is -8.17. The van der Waals surface area contributed by atoms with Crippen LogP contribution in [-0.2, 0) is 53.1 Å². The van der Waals surface area contributed by atoms with E-state index in [9.17, 15) is 43.2 Å². The summed E-state index contributed by atoms with van der Waals surface area (Å²) in [6.07, 6.45) is 8.50. The van der Waals surface area contributed by atoms with Crippen LogP contribution in [0.5, 0.6) is 0 Å². The minimum Gasteiger partial charge on any atom is -0.445 e. The van der Waals surface area contributed by atoms with Crippen molar-refractivity contribution in [1.82, 2.24) is 35.6 Å². The summed E-state index contributed by atoms with van der Waals surface area (Å²) in [5.41, 5.74) is 16.5. The van der Waals surface area contributed by atoms with Crippen LogP contribution in [0.4, 0.5) is 26.7 Å². The number of hydrogen-bond donors (Lipinski definition) is 7. The van der Waals surface area contributed by atoms with E-state index in [1.807, 2.05) is 18.7 Å². The smallest absolute Gasteiger partial charge is 0.410 e. The topological polar surface area (TPSA) is 310 Å². The van der Waals surface area contributed by atoms with E-state index in [0.717, 1.165) is 30.4 Å². The zero-order chi connectivity index (χ0) is 55.1. The van der Waals surface area contributed by atoms with Crippen LogP contribution in [0.15, 0.2) is 65.3 Å². The number of primary amides is 1. The molecule has 9 N–H and O–H groups in total. The molecule has 3 aromatic rings. The summed E-state index contributed by atoms with van der Waals surface area (Å²) in [6.45, 7) is 7.82. The predicted molar refractivity (Wildman–Crippen MR) is 287 cm³/mol. The van der Waals surface area contributed by atoms with E-state index in [4.69, 9.17) is 16.2 Å². The molecule has 0 aliphatic carbocycles. The van der Waals surface area contributed by atoms with Crippen molar-refractivity contribution in [1.29, 1.82) is 0 Å². The summed E-state index contributed by atoms with van der Waals surface area (Å²) in [5.74, 6) is -2.19. The van der Waals surface area contributed by atoms with Crippen LogP contribution in [0.1, 0.15) is 118 Å². The molecule has 9 amide bonds. The third-order valence-electron chi connectivity index (χ3n) is 12.7. The number of nitrogens with two attached hydrogens (primary N) is 2. The number of fused-ring (bicyclic) bond motifs is 2. The zero-order valence-electron chi connectivity index (χ0n) is 43.9. The summed E-state index contributed by atoms with van der Waals surface area (Å²) < 4.78 is 5.65. The van der Waals surface area contributed by atoms with Crippen molar-refractivity contribution in [2.24, 2.45) is 22.4 Å². The van der Waals surface area contributed by atoms with Gasteiger partial charge in [0.25, 0.3) is 5.91 Å². The van der Waals surface area contributed by atoms with Gasteiger partial charge in [-0.15, -0.1) is 0 Å². The highest BCUT2D eigenvalue weighted by Gasteiger charge is 2.26. The molecule has 0 saturated carbocycles.